The van der Waals surface area contributed by atoms with Crippen LogP contribution in [0, 0.1) is 0 Å². The summed E-state index contributed by atoms with van der Waals surface area (Å²) in [6, 6.07) is 14.4. The van der Waals surface area contributed by atoms with E-state index in [-0.39, 0.29) is 5.28 Å². The molecular weight excluding hydrogens is 539 g/mol. The Morgan fingerprint density at radius 3 is 2.53 bits per heavy atom. The molecular formula is C21H23ClFN3O8P2. The third kappa shape index (κ3) is 6.66. The van der Waals surface area contributed by atoms with Crippen LogP contribution in [0.5, 0.6) is 0 Å². The maximum Gasteiger partial charge on any atom is 0.340 e. The monoisotopic (exact) mass is 561 g/mol. The largest absolute Gasteiger partial charge is 0.387 e. The molecule has 5 N–H and O–H groups in total. The van der Waals surface area contributed by atoms with E-state index in [1.165, 1.54) is 6.07 Å². The Morgan fingerprint density at radius 2 is 1.83 bits per heavy atom. The minimum Gasteiger partial charge on any atom is -0.387 e. The van der Waals surface area contributed by atoms with Gasteiger partial charge in [0.05, 0.1) is 12.1 Å². The molecule has 1 saturated heterocycles. The van der Waals surface area contributed by atoms with Crippen molar-refractivity contribution in [2.45, 2.75) is 31.0 Å². The third-order valence-electron chi connectivity index (χ3n) is 5.45. The maximum absolute atomic E-state index is 14.9. The molecule has 1 aliphatic heterocycles. The Kier molecular flexibility index (Phi) is 8.11. The summed E-state index contributed by atoms with van der Waals surface area (Å²) in [7, 11) is -9.53. The number of aliphatic hydroxyl groups excluding tert-OH is 1. The fourth-order valence-corrected chi connectivity index (χ4v) is 6.55. The number of nitrogens with zero attached hydrogens (tertiary/aromatic N) is 2. The molecule has 194 valence electrons. The second-order valence-electron chi connectivity index (χ2n) is 8.23. The van der Waals surface area contributed by atoms with Crippen LogP contribution < -0.4 is 5.32 Å². The van der Waals surface area contributed by atoms with Gasteiger partial charge in [-0.05, 0) is 34.9 Å². The van der Waals surface area contributed by atoms with E-state index < -0.39 is 52.2 Å². The lowest BCUT2D eigenvalue weighted by Crippen LogP contribution is -2.31. The first kappa shape index (κ1) is 27.1. The zero-order valence-corrected chi connectivity index (χ0v) is 21.1. The molecule has 0 spiro atoms. The first-order chi connectivity index (χ1) is 16.9. The third-order valence-corrected chi connectivity index (χ3v) is 9.07. The molecule has 2 heterocycles. The van der Waals surface area contributed by atoms with E-state index in [2.05, 4.69) is 19.8 Å². The van der Waals surface area contributed by atoms with Crippen LogP contribution in [0.1, 0.15) is 17.2 Å². The zero-order valence-electron chi connectivity index (χ0n) is 18.5. The fraction of sp³-hybridized carbons (Fsp3) is 0.333. The molecule has 2 aromatic carbocycles. The average molecular weight is 562 g/mol. The summed E-state index contributed by atoms with van der Waals surface area (Å²) in [6.45, 7) is -0.269. The fourth-order valence-electron chi connectivity index (χ4n) is 3.80. The lowest BCUT2D eigenvalue weighted by atomic mass is 10.0. The predicted molar refractivity (Wildman–Crippen MR) is 130 cm³/mol. The summed E-state index contributed by atoms with van der Waals surface area (Å²) >= 11 is 6.09. The molecule has 1 unspecified atom stereocenters. The van der Waals surface area contributed by atoms with Crippen molar-refractivity contribution in [1.82, 2.24) is 9.97 Å². The van der Waals surface area contributed by atoms with E-state index in [9.17, 15) is 23.5 Å². The Bertz CT molecular complexity index is 1330. The van der Waals surface area contributed by atoms with Gasteiger partial charge in [-0.3, -0.25) is 9.13 Å². The molecule has 1 aromatic heterocycles. The number of ether oxygens (including phenoxy) is 1. The van der Waals surface area contributed by atoms with Crippen LogP contribution in [0.3, 0.4) is 0 Å². The summed E-state index contributed by atoms with van der Waals surface area (Å²) in [5.41, 5.74) is 1.74. The van der Waals surface area contributed by atoms with E-state index in [1.54, 1.807) is 12.1 Å². The van der Waals surface area contributed by atoms with Gasteiger partial charge in [-0.15, -0.1) is 0 Å². The highest BCUT2D eigenvalue weighted by molar-refractivity contribution is 7.70. The molecule has 0 bridgehead atoms. The summed E-state index contributed by atoms with van der Waals surface area (Å²) in [6.07, 6.45) is -6.23. The maximum atomic E-state index is 14.9. The van der Waals surface area contributed by atoms with Crippen molar-refractivity contribution in [2.75, 3.05) is 17.8 Å². The minimum absolute atomic E-state index is 0.0329. The van der Waals surface area contributed by atoms with Crippen molar-refractivity contribution in [3.8, 4) is 0 Å². The van der Waals surface area contributed by atoms with Gasteiger partial charge in [0, 0.05) is 11.9 Å². The highest BCUT2D eigenvalue weighted by Gasteiger charge is 2.46. The van der Waals surface area contributed by atoms with Crippen molar-refractivity contribution in [3.05, 3.63) is 64.9 Å². The van der Waals surface area contributed by atoms with Gasteiger partial charge < -0.3 is 34.4 Å². The molecule has 0 aliphatic carbocycles. The van der Waals surface area contributed by atoms with E-state index in [0.717, 1.165) is 5.56 Å². The van der Waals surface area contributed by atoms with Crippen molar-refractivity contribution >= 4 is 43.5 Å². The van der Waals surface area contributed by atoms with Crippen LogP contribution >= 0.6 is 26.8 Å². The van der Waals surface area contributed by atoms with E-state index >= 15 is 0 Å². The molecule has 0 radical (unpaired) electrons. The van der Waals surface area contributed by atoms with Gasteiger partial charge in [-0.2, -0.15) is 0 Å². The normalized spacial score (nSPS) is 24.1. The molecule has 4 rings (SSSR count). The quantitative estimate of drug-likeness (QED) is 0.191. The van der Waals surface area contributed by atoms with Crippen LogP contribution in [-0.4, -0.2) is 60.6 Å². The number of hydrogen-bond acceptors (Lipinski definition) is 8. The highest BCUT2D eigenvalue weighted by atomic mass is 35.5. The Hall–Kier alpha value is -1.98. The number of aliphatic hydroxyl groups is 1. The summed E-state index contributed by atoms with van der Waals surface area (Å²) in [4.78, 5) is 35.8. The molecule has 5 atom stereocenters. The van der Waals surface area contributed by atoms with Gasteiger partial charge in [0.1, 0.15) is 24.1 Å². The smallest absolute Gasteiger partial charge is 0.340 e. The highest BCUT2D eigenvalue weighted by Crippen LogP contribution is 2.55. The van der Waals surface area contributed by atoms with Gasteiger partial charge in [0.25, 0.3) is 0 Å². The predicted octanol–water partition coefficient (Wildman–Crippen LogP) is 3.37. The molecule has 0 saturated carbocycles. The van der Waals surface area contributed by atoms with Crippen LogP contribution in [0.15, 0.2) is 48.5 Å². The summed E-state index contributed by atoms with van der Waals surface area (Å²) < 4.78 is 48.0. The van der Waals surface area contributed by atoms with Crippen LogP contribution in [0.4, 0.5) is 10.2 Å². The van der Waals surface area contributed by atoms with Gasteiger partial charge in [-0.25, -0.2) is 14.4 Å². The van der Waals surface area contributed by atoms with E-state index in [0.29, 0.717) is 28.8 Å². The number of hydrogen-bond donors (Lipinski definition) is 5. The standard InChI is InChI=1S/C21H23ClFN3O8P2/c22-21-25-15-8-13(6-7-14(15)20(26-21)24-9-12-4-2-1-3-5-12)19-17(23)18(27)16(34-19)10-33-36(31,32)11-35(28,29)30/h1-8,16-19,27H,9-11H2,(H,31,32)(H,24,25,26)(H2,28,29,30)/t16-,17+,18-,19-/m1/s1. The number of nitrogens with one attached hydrogen (secondary N) is 1. The summed E-state index contributed by atoms with van der Waals surface area (Å²) in [5, 5.41) is 14.0. The van der Waals surface area contributed by atoms with Gasteiger partial charge in [-0.1, -0.05) is 36.4 Å². The van der Waals surface area contributed by atoms with E-state index in [4.69, 9.17) is 26.1 Å². The van der Waals surface area contributed by atoms with Gasteiger partial charge in [0.15, 0.2) is 12.1 Å². The average Bonchev–Trinajstić information content (AvgIpc) is 3.08. The number of rotatable bonds is 9. The van der Waals surface area contributed by atoms with Crippen LogP contribution in [0.25, 0.3) is 10.9 Å². The molecule has 3 aromatic rings. The second kappa shape index (κ2) is 10.8. The van der Waals surface area contributed by atoms with E-state index in [1.807, 2.05) is 30.3 Å². The Morgan fingerprint density at radius 1 is 1.11 bits per heavy atom. The molecule has 36 heavy (non-hydrogen) atoms. The minimum atomic E-state index is -4.83. The van der Waals surface area contributed by atoms with Crippen molar-refractivity contribution in [3.63, 3.8) is 0 Å². The second-order valence-corrected chi connectivity index (χ2v) is 12.6. The van der Waals surface area contributed by atoms with Crippen LogP contribution in [-0.2, 0) is 24.9 Å². The SMILES string of the molecule is O=P(O)(O)CP(=O)(O)OC[C@H]1O[C@H](c2ccc3c(NCc4ccccc4)nc(Cl)nc3c2)[C@@H](F)[C@@H]1O. The zero-order chi connectivity index (χ0) is 26.1. The first-order valence-electron chi connectivity index (χ1n) is 10.7. The van der Waals surface area contributed by atoms with Crippen molar-refractivity contribution in [2.24, 2.45) is 0 Å². The molecule has 1 aliphatic rings. The lowest BCUT2D eigenvalue weighted by Gasteiger charge is -2.18. The molecule has 0 amide bonds. The number of anilines is 1. The van der Waals surface area contributed by atoms with Crippen molar-refractivity contribution in [1.29, 1.82) is 0 Å². The Balaban J connectivity index is 1.50. The lowest BCUT2D eigenvalue weighted by molar-refractivity contribution is -0.0183. The number of fused-ring (bicyclic) bond motifs is 1. The van der Waals surface area contributed by atoms with Crippen LogP contribution in [0.2, 0.25) is 5.28 Å². The summed E-state index contributed by atoms with van der Waals surface area (Å²) in [5.74, 6) is -0.934. The molecule has 11 nitrogen and oxygen atoms in total. The topological polar surface area (TPSA) is 171 Å². The molecule has 15 heteroatoms. The number of benzene rings is 2. The van der Waals surface area contributed by atoms with Gasteiger partial charge in [0.2, 0.25) is 5.28 Å². The van der Waals surface area contributed by atoms with Gasteiger partial charge >= 0.3 is 15.2 Å². The van der Waals surface area contributed by atoms with Crippen molar-refractivity contribution < 1.29 is 42.6 Å². The number of aromatic nitrogens is 2. The Labute approximate surface area is 210 Å². The molecule has 1 fully saturated rings. The number of alkyl halides is 1. The number of halogens is 2. The first-order valence-corrected chi connectivity index (χ1v) is 14.6.